The van der Waals surface area contributed by atoms with Crippen molar-refractivity contribution in [1.82, 2.24) is 5.32 Å². The lowest BCUT2D eigenvalue weighted by atomic mass is 9.63. The molecule has 2 aliphatic heterocycles. The zero-order valence-electron chi connectivity index (χ0n) is 28.4. The number of fused-ring (bicyclic) bond motifs is 2. The van der Waals surface area contributed by atoms with Gasteiger partial charge in [0.05, 0.1) is 35.3 Å². The van der Waals surface area contributed by atoms with Crippen LogP contribution >= 0.6 is 23.2 Å². The molecular weight excluding hydrogens is 684 g/mol. The molecule has 6 rings (SSSR count). The van der Waals surface area contributed by atoms with E-state index in [0.29, 0.717) is 49.2 Å². The fourth-order valence-corrected chi connectivity index (χ4v) is 8.87. The Balaban J connectivity index is 1.51. The van der Waals surface area contributed by atoms with Gasteiger partial charge in [0.15, 0.2) is 0 Å². The van der Waals surface area contributed by atoms with Gasteiger partial charge in [-0.15, -0.1) is 0 Å². The van der Waals surface area contributed by atoms with Crippen molar-refractivity contribution in [2.75, 3.05) is 23.9 Å². The number of carboxylic acid groups (broad SMARTS) is 2. The number of nitrogens with zero attached hydrogens (tertiary/aromatic N) is 1. The third kappa shape index (κ3) is 6.53. The molecule has 4 N–H and O–H groups in total. The number of halogens is 3. The number of aliphatic carboxylic acids is 1. The van der Waals surface area contributed by atoms with Gasteiger partial charge in [0, 0.05) is 40.7 Å². The highest BCUT2D eigenvalue weighted by Crippen LogP contribution is 2.59. The maximum absolute atomic E-state index is 16.4. The number of aromatic carboxylic acids is 1. The van der Waals surface area contributed by atoms with Gasteiger partial charge >= 0.3 is 11.9 Å². The van der Waals surface area contributed by atoms with Crippen LogP contribution in [0.3, 0.4) is 0 Å². The van der Waals surface area contributed by atoms with Crippen molar-refractivity contribution in [2.45, 2.75) is 82.3 Å². The lowest BCUT2D eigenvalue weighted by Crippen LogP contribution is -2.50. The van der Waals surface area contributed by atoms with Gasteiger partial charge in [-0.1, -0.05) is 62.2 Å². The fourth-order valence-electron chi connectivity index (χ4n) is 8.52. The van der Waals surface area contributed by atoms with Crippen LogP contribution in [0.5, 0.6) is 5.75 Å². The second-order valence-corrected chi connectivity index (χ2v) is 15.8. The summed E-state index contributed by atoms with van der Waals surface area (Å²) in [6, 6.07) is 13.6. The minimum atomic E-state index is -1.14. The Labute approximate surface area is 301 Å². The number of hydrogen-bond acceptors (Lipinski definition) is 6. The summed E-state index contributed by atoms with van der Waals surface area (Å²) in [5.41, 5.74) is 1.36. The number of carboxylic acids is 2. The van der Waals surface area contributed by atoms with Gasteiger partial charge in [-0.05, 0) is 85.0 Å². The summed E-state index contributed by atoms with van der Waals surface area (Å²) >= 11 is 13.1. The number of benzene rings is 3. The predicted molar refractivity (Wildman–Crippen MR) is 191 cm³/mol. The van der Waals surface area contributed by atoms with E-state index in [1.54, 1.807) is 12.1 Å². The summed E-state index contributed by atoms with van der Waals surface area (Å²) in [6.45, 7) is 6.82. The zero-order chi connectivity index (χ0) is 36.1. The molecule has 266 valence electrons. The van der Waals surface area contributed by atoms with Gasteiger partial charge in [0.25, 0.3) is 0 Å². The second-order valence-electron chi connectivity index (χ2n) is 15.0. The van der Waals surface area contributed by atoms with Crippen LogP contribution < -0.4 is 20.3 Å². The largest absolute Gasteiger partial charge is 0.495 e. The lowest BCUT2D eigenvalue weighted by Gasteiger charge is -2.42. The number of carbonyl (C=O) groups is 3. The number of methoxy groups -OCH3 is 1. The molecule has 3 aromatic carbocycles. The van der Waals surface area contributed by atoms with E-state index in [2.05, 4.69) is 36.3 Å². The molecule has 0 aromatic heterocycles. The maximum Gasteiger partial charge on any atom is 0.335 e. The zero-order valence-corrected chi connectivity index (χ0v) is 29.9. The van der Waals surface area contributed by atoms with E-state index in [0.717, 1.165) is 11.3 Å². The summed E-state index contributed by atoms with van der Waals surface area (Å²) in [7, 11) is 1.39. The molecule has 1 spiro atoms. The first kappa shape index (κ1) is 35.9. The molecule has 0 radical (unpaired) electrons. The minimum absolute atomic E-state index is 0.000567. The van der Waals surface area contributed by atoms with E-state index in [9.17, 15) is 24.6 Å². The van der Waals surface area contributed by atoms with Crippen molar-refractivity contribution in [3.63, 3.8) is 0 Å². The standard InChI is InChI=1S/C38H42Cl2FN3O6/c1-37(2,3)18-30-38(19-44(28-17-22(39)11-14-25(28)38)23-12-8-20(9-13-23)35(46)47)31(24-6-5-7-26(40)32(24)41)33(43-30)34(45)42-27-15-10-21(36(48)49)16-29(27)50-4/h5-7,10-11,14-17,20,23,30-31,33,43H,8-9,12-13,18-19H2,1-4H3,(H,42,45)(H,46,47)(H,48,49)/t20-,23+,30-,31-,33+,38-/m0/s1. The van der Waals surface area contributed by atoms with Gasteiger partial charge in [-0.2, -0.15) is 0 Å². The highest BCUT2D eigenvalue weighted by atomic mass is 35.5. The highest BCUT2D eigenvalue weighted by molar-refractivity contribution is 6.31. The SMILES string of the molecule is COc1cc(C(=O)O)ccc1NC(=O)[C@@H]1N[C@@H](CC(C)(C)C)[C@@]2(CN([C@H]3CC[C@@H](C(=O)O)CC3)c3cc(Cl)ccc32)[C@H]1c1cccc(Cl)c1F. The smallest absolute Gasteiger partial charge is 0.335 e. The third-order valence-corrected chi connectivity index (χ3v) is 11.2. The minimum Gasteiger partial charge on any atom is -0.495 e. The molecule has 3 aliphatic rings. The molecule has 1 amide bonds. The predicted octanol–water partition coefficient (Wildman–Crippen LogP) is 7.74. The summed E-state index contributed by atoms with van der Waals surface area (Å²) < 4.78 is 21.9. The molecule has 9 nitrogen and oxygen atoms in total. The van der Waals surface area contributed by atoms with Gasteiger partial charge in [0.1, 0.15) is 11.6 Å². The Morgan fingerprint density at radius 1 is 1.04 bits per heavy atom. The van der Waals surface area contributed by atoms with E-state index in [1.807, 2.05) is 18.2 Å². The lowest BCUT2D eigenvalue weighted by molar-refractivity contribution is -0.142. The molecule has 0 bridgehead atoms. The Bertz CT molecular complexity index is 1820. The molecule has 1 saturated heterocycles. The van der Waals surface area contributed by atoms with Gasteiger partial charge in [-0.3, -0.25) is 9.59 Å². The molecule has 4 atom stereocenters. The van der Waals surface area contributed by atoms with Gasteiger partial charge < -0.3 is 30.5 Å². The molecule has 50 heavy (non-hydrogen) atoms. The first-order chi connectivity index (χ1) is 23.6. The molecule has 2 heterocycles. The topological polar surface area (TPSA) is 128 Å². The average Bonchev–Trinajstić information content (AvgIpc) is 3.56. The first-order valence-electron chi connectivity index (χ1n) is 16.9. The van der Waals surface area contributed by atoms with Crippen LogP contribution in [0, 0.1) is 17.2 Å². The number of anilines is 2. The quantitative estimate of drug-likeness (QED) is 0.186. The number of hydrogen-bond donors (Lipinski definition) is 4. The average molecular weight is 727 g/mol. The van der Waals surface area contributed by atoms with Crippen LogP contribution in [0.2, 0.25) is 10.0 Å². The van der Waals surface area contributed by atoms with Crippen molar-refractivity contribution >= 4 is 52.4 Å². The normalized spacial score (nSPS) is 26.1. The first-order valence-corrected chi connectivity index (χ1v) is 17.6. The van der Waals surface area contributed by atoms with Crippen LogP contribution in [-0.2, 0) is 15.0 Å². The molecule has 2 fully saturated rings. The van der Waals surface area contributed by atoms with Crippen LogP contribution in [0.15, 0.2) is 54.6 Å². The maximum atomic E-state index is 16.4. The monoisotopic (exact) mass is 725 g/mol. The molecule has 12 heteroatoms. The molecular formula is C38H42Cl2FN3O6. The van der Waals surface area contributed by atoms with Crippen LogP contribution in [-0.4, -0.2) is 59.8 Å². The van der Waals surface area contributed by atoms with E-state index in [-0.39, 0.29) is 39.5 Å². The Hall–Kier alpha value is -3.86. The van der Waals surface area contributed by atoms with Gasteiger partial charge in [0.2, 0.25) is 5.91 Å². The summed E-state index contributed by atoms with van der Waals surface area (Å²) in [4.78, 5) is 40.4. The van der Waals surface area contributed by atoms with Crippen molar-refractivity contribution in [2.24, 2.45) is 11.3 Å². The van der Waals surface area contributed by atoms with Crippen molar-refractivity contribution in [1.29, 1.82) is 0 Å². The molecule has 0 unspecified atom stereocenters. The number of carbonyl (C=O) groups excluding carboxylic acids is 1. The van der Waals surface area contributed by atoms with Crippen molar-refractivity contribution in [3.05, 3.63) is 87.2 Å². The molecule has 1 aliphatic carbocycles. The van der Waals surface area contributed by atoms with Crippen LogP contribution in [0.1, 0.15) is 80.3 Å². The van der Waals surface area contributed by atoms with Crippen LogP contribution in [0.25, 0.3) is 0 Å². The Morgan fingerprint density at radius 2 is 1.76 bits per heavy atom. The summed E-state index contributed by atoms with van der Waals surface area (Å²) in [6.07, 6.45) is 3.06. The van der Waals surface area contributed by atoms with Crippen molar-refractivity contribution < 1.29 is 33.7 Å². The van der Waals surface area contributed by atoms with Crippen LogP contribution in [0.4, 0.5) is 15.8 Å². The molecule has 1 saturated carbocycles. The fraction of sp³-hybridized carbons (Fsp3) is 0.447. The highest BCUT2D eigenvalue weighted by Gasteiger charge is 2.63. The Kier molecular flexibility index (Phi) is 9.85. The Morgan fingerprint density at radius 3 is 2.40 bits per heavy atom. The molecule has 3 aromatic rings. The van der Waals surface area contributed by atoms with E-state index in [1.165, 1.54) is 31.4 Å². The van der Waals surface area contributed by atoms with E-state index < -0.39 is 47.0 Å². The number of amides is 1. The number of rotatable bonds is 8. The number of nitrogens with one attached hydrogen (secondary N) is 2. The van der Waals surface area contributed by atoms with Gasteiger partial charge in [-0.25, -0.2) is 9.18 Å². The second kappa shape index (κ2) is 13.7. The summed E-state index contributed by atoms with van der Waals surface area (Å²) in [5, 5.41) is 26.3. The van der Waals surface area contributed by atoms with Crippen molar-refractivity contribution in [3.8, 4) is 5.75 Å². The summed E-state index contributed by atoms with van der Waals surface area (Å²) in [5.74, 6) is -3.94. The number of ether oxygens (including phenoxy) is 1. The third-order valence-electron chi connectivity index (χ3n) is 10.7. The van der Waals surface area contributed by atoms with E-state index in [4.69, 9.17) is 27.9 Å². The van der Waals surface area contributed by atoms with E-state index >= 15 is 4.39 Å².